The van der Waals surface area contributed by atoms with Crippen LogP contribution in [0.3, 0.4) is 0 Å². The highest BCUT2D eigenvalue weighted by molar-refractivity contribution is 6.00. The predicted octanol–water partition coefficient (Wildman–Crippen LogP) is 2.69. The molecule has 1 fully saturated rings. The predicted molar refractivity (Wildman–Crippen MR) is 358 cm³/mol. The van der Waals surface area contributed by atoms with Gasteiger partial charge in [0.25, 0.3) is 0 Å². The Morgan fingerprint density at radius 1 is 0.473 bits per heavy atom. The van der Waals surface area contributed by atoms with Crippen molar-refractivity contribution in [2.24, 2.45) is 41.4 Å². The Kier molecular flexibility index (Phi) is 32.6. The second-order valence-corrected chi connectivity index (χ2v) is 28.7. The molecule has 1 aliphatic rings. The largest absolute Gasteiger partial charge is 0.390 e. The highest BCUT2D eigenvalue weighted by atomic mass is 16.3. The Hall–Kier alpha value is -6.70. The molecule has 1 aromatic heterocycles. The van der Waals surface area contributed by atoms with E-state index in [-0.39, 0.29) is 62.2 Å². The van der Waals surface area contributed by atoms with E-state index in [9.17, 15) is 38.7 Å². The number of rotatable bonds is 18. The maximum atomic E-state index is 15.5. The lowest BCUT2D eigenvalue weighted by Gasteiger charge is -2.41. The molecule has 26 heteroatoms. The number of hydrogen-bond donors (Lipinski definition) is 5. The fraction of sp³-hybridized carbons (Fsp3) is 0.791. The summed E-state index contributed by atoms with van der Waals surface area (Å²) < 4.78 is 1.94. The summed E-state index contributed by atoms with van der Waals surface area (Å²) in [7, 11) is 13.8. The number of aromatic nitrogens is 2. The lowest BCUT2D eigenvalue weighted by Crippen LogP contribution is -2.64. The van der Waals surface area contributed by atoms with E-state index in [1.54, 1.807) is 47.7 Å². The van der Waals surface area contributed by atoms with Crippen LogP contribution in [-0.2, 0) is 65.7 Å². The quantitative estimate of drug-likeness (QED) is 0.141. The van der Waals surface area contributed by atoms with Crippen LogP contribution in [0.2, 0.25) is 0 Å². The number of hydrogen-bond acceptors (Lipinski definition) is 14. The molecule has 530 valence electrons. The van der Waals surface area contributed by atoms with Gasteiger partial charge in [-0.15, -0.1) is 0 Å². The molecule has 0 saturated carbocycles. The number of aliphatic hydroxyl groups excluding tert-OH is 1. The summed E-state index contributed by atoms with van der Waals surface area (Å²) in [6.45, 7) is 30.8. The molecule has 11 amide bonds. The van der Waals surface area contributed by atoms with E-state index < -0.39 is 155 Å². The van der Waals surface area contributed by atoms with Crippen LogP contribution in [0.25, 0.3) is 0 Å². The van der Waals surface area contributed by atoms with Gasteiger partial charge < -0.3 is 70.1 Å². The molecule has 93 heavy (non-hydrogen) atoms. The van der Waals surface area contributed by atoms with E-state index in [1.807, 2.05) is 85.1 Å². The average Bonchev–Trinajstić information content (AvgIpc) is 0.997. The van der Waals surface area contributed by atoms with E-state index in [4.69, 9.17) is 0 Å². The summed E-state index contributed by atoms with van der Waals surface area (Å²) in [6.07, 6.45) is 2.57. The molecular formula is C67H120N14O12. The van der Waals surface area contributed by atoms with Gasteiger partial charge in [0, 0.05) is 81.2 Å². The number of imidazole rings is 1. The van der Waals surface area contributed by atoms with Gasteiger partial charge in [-0.1, -0.05) is 96.9 Å². The highest BCUT2D eigenvalue weighted by Crippen LogP contribution is 2.26. The van der Waals surface area contributed by atoms with E-state index >= 15 is 19.2 Å². The first-order valence-corrected chi connectivity index (χ1v) is 33.4. The maximum absolute atomic E-state index is 15.5. The van der Waals surface area contributed by atoms with Crippen molar-refractivity contribution in [2.45, 2.75) is 235 Å². The molecule has 0 bridgehead atoms. The molecule has 2 heterocycles. The Morgan fingerprint density at radius 2 is 0.903 bits per heavy atom. The van der Waals surface area contributed by atoms with Crippen LogP contribution in [-0.4, -0.2) is 261 Å². The van der Waals surface area contributed by atoms with Crippen molar-refractivity contribution in [3.05, 3.63) is 18.2 Å². The van der Waals surface area contributed by atoms with E-state index in [1.165, 1.54) is 94.6 Å². The van der Waals surface area contributed by atoms with E-state index in [0.717, 1.165) is 9.80 Å². The minimum atomic E-state index is -1.69. The molecule has 5 N–H and O–H groups in total. The lowest BCUT2D eigenvalue weighted by atomic mass is 9.91. The second-order valence-electron chi connectivity index (χ2n) is 28.7. The van der Waals surface area contributed by atoms with Gasteiger partial charge in [-0.05, 0) is 108 Å². The van der Waals surface area contributed by atoms with Crippen LogP contribution in [0.1, 0.15) is 156 Å². The fourth-order valence-electron chi connectivity index (χ4n) is 11.9. The summed E-state index contributed by atoms with van der Waals surface area (Å²) in [6, 6.07) is -13.9. The zero-order chi connectivity index (χ0) is 71.7. The number of carbonyl (C=O) groups excluding carboxylic acids is 11. The summed E-state index contributed by atoms with van der Waals surface area (Å²) in [5.74, 6) is -9.48. The second kappa shape index (κ2) is 36.8. The molecule has 1 saturated heterocycles. The molecule has 13 atom stereocenters. The van der Waals surface area contributed by atoms with Crippen molar-refractivity contribution in [3.63, 3.8) is 0 Å². The third kappa shape index (κ3) is 22.5. The molecule has 0 aromatic carbocycles. The van der Waals surface area contributed by atoms with Crippen molar-refractivity contribution in [1.29, 1.82) is 0 Å². The van der Waals surface area contributed by atoms with Gasteiger partial charge >= 0.3 is 0 Å². The number of carbonyl (C=O) groups is 11. The van der Waals surface area contributed by atoms with Gasteiger partial charge in [-0.3, -0.25) is 52.7 Å². The first kappa shape index (κ1) is 82.4. The molecule has 0 unspecified atom stereocenters. The van der Waals surface area contributed by atoms with Crippen molar-refractivity contribution in [1.82, 2.24) is 70.0 Å². The molecule has 1 aliphatic heterocycles. The molecule has 0 spiro atoms. The minimum absolute atomic E-state index is 0.00743. The monoisotopic (exact) mass is 1310 g/mol. The van der Waals surface area contributed by atoms with Crippen LogP contribution in [0.15, 0.2) is 12.4 Å². The molecular weight excluding hydrogens is 1190 g/mol. The summed E-state index contributed by atoms with van der Waals surface area (Å²) in [5.41, 5.74) is 0. The van der Waals surface area contributed by atoms with Gasteiger partial charge in [-0.2, -0.15) is 0 Å². The zero-order valence-corrected chi connectivity index (χ0v) is 61.2. The number of amides is 11. The Bertz CT molecular complexity index is 2700. The Labute approximate surface area is 555 Å². The summed E-state index contributed by atoms with van der Waals surface area (Å²) in [5, 5.41) is 23.7. The van der Waals surface area contributed by atoms with Crippen molar-refractivity contribution in [3.8, 4) is 0 Å². The number of nitrogens with zero attached hydrogens (tertiary/aromatic N) is 10. The van der Waals surface area contributed by atoms with Crippen LogP contribution < -0.4 is 21.3 Å². The van der Waals surface area contributed by atoms with Crippen molar-refractivity contribution >= 4 is 65.0 Å². The first-order valence-electron chi connectivity index (χ1n) is 33.4. The van der Waals surface area contributed by atoms with Gasteiger partial charge in [0.05, 0.1) is 6.10 Å². The minimum Gasteiger partial charge on any atom is -0.390 e. The van der Waals surface area contributed by atoms with Crippen molar-refractivity contribution < 1.29 is 57.8 Å². The highest BCUT2D eigenvalue weighted by Gasteiger charge is 2.46. The number of likely N-dealkylation sites (N-methyl/N-ethyl adjacent to an activating group) is 8. The van der Waals surface area contributed by atoms with Crippen molar-refractivity contribution in [2.75, 3.05) is 70.0 Å². The van der Waals surface area contributed by atoms with Crippen LogP contribution in [0, 0.1) is 41.4 Å². The van der Waals surface area contributed by atoms with E-state index in [2.05, 4.69) is 26.3 Å². The number of nitrogens with one attached hydrogen (secondary N) is 4. The third-order valence-corrected chi connectivity index (χ3v) is 17.9. The van der Waals surface area contributed by atoms with Gasteiger partial charge in [0.2, 0.25) is 65.0 Å². The molecule has 26 nitrogen and oxygen atoms in total. The van der Waals surface area contributed by atoms with E-state index in [0.29, 0.717) is 18.9 Å². The Balaban J connectivity index is 3.05. The summed E-state index contributed by atoms with van der Waals surface area (Å²) in [4.78, 5) is 178. The maximum Gasteiger partial charge on any atom is 0.246 e. The molecule has 1 aromatic rings. The van der Waals surface area contributed by atoms with Gasteiger partial charge in [0.15, 0.2) is 0 Å². The third-order valence-electron chi connectivity index (χ3n) is 17.9. The Morgan fingerprint density at radius 3 is 1.37 bits per heavy atom. The topological polar surface area (TPSA) is 300 Å². The fourth-order valence-corrected chi connectivity index (χ4v) is 11.9. The molecule has 0 aliphatic carbocycles. The van der Waals surface area contributed by atoms with Crippen LogP contribution in [0.4, 0.5) is 0 Å². The first-order chi connectivity index (χ1) is 43.0. The molecule has 2 rings (SSSR count). The van der Waals surface area contributed by atoms with Gasteiger partial charge in [0.1, 0.15) is 72.3 Å². The standard InChI is InChI=1S/C67H120N14O12/c1-27-47-63(89)74(20)46(17)62(88)75(21)49(33-38(4)5)59(85)72-53(41(10)11)66(92)76(22)48(32-37(2)3)58(84)69-44(15)57(83)70-45(16)61(87)77(23)50(34-39(6)7)64(90)78(24)51(35-40(8)9)65(91)79(25)54(42(12)13)67(93)80(26)55(60(86)71-47)56(82)43(14)36-52-68-28-29-81(52)31-30-73(18)19/h28-29,37-51,53-56,82H,27,30-36H2,1-26H3,(H,69,84)(H,70,83)(H,71,86)(H,72,85)/t43-,44-,45+,46-,47-,48-,49+,50-,51-,53-,54-,55-,56-/m1/s1. The SMILES string of the molecule is CC[C@H]1NC(=O)[C@@H]([C@H](O)[C@H](C)Cc2nccn2CCN(C)C)N(C)C(=O)[C@@H](C(C)C)N(C)C(=O)[C@@H](CC(C)C)N(C)C(=O)[C@@H](CC(C)C)N(C)C(=O)[C@H](C)NC(=O)[C@@H](C)NC(=O)[C@@H](CC(C)C)N(C)C(=O)[C@@H](C(C)C)NC(=O)[C@H](CC(C)C)N(C)C(=O)[C@@H](C)N(C)C1=O. The van der Waals surface area contributed by atoms with Crippen LogP contribution in [0.5, 0.6) is 0 Å². The normalized spacial score (nSPS) is 26.4. The van der Waals surface area contributed by atoms with Gasteiger partial charge in [-0.25, -0.2) is 4.98 Å². The smallest absolute Gasteiger partial charge is 0.246 e. The number of aliphatic hydroxyl groups is 1. The zero-order valence-electron chi connectivity index (χ0n) is 61.2. The average molecular weight is 1310 g/mol. The molecule has 0 radical (unpaired) electrons. The lowest BCUT2D eigenvalue weighted by molar-refractivity contribution is -0.157. The van der Waals surface area contributed by atoms with Crippen LogP contribution >= 0.6 is 0 Å². The summed E-state index contributed by atoms with van der Waals surface area (Å²) >= 11 is 0.